The van der Waals surface area contributed by atoms with Crippen LogP contribution in [-0.2, 0) is 5.88 Å². The molecule has 0 spiro atoms. The Bertz CT molecular complexity index is 337. The van der Waals surface area contributed by atoms with Gasteiger partial charge in [0.05, 0.1) is 0 Å². The fourth-order valence-corrected chi connectivity index (χ4v) is 1.80. The highest BCUT2D eigenvalue weighted by Crippen LogP contribution is 2.18. The van der Waals surface area contributed by atoms with Crippen LogP contribution in [0, 0.1) is 12.8 Å². The number of rotatable bonds is 5. The molecule has 0 saturated carbocycles. The zero-order valence-corrected chi connectivity index (χ0v) is 11.4. The van der Waals surface area contributed by atoms with E-state index in [4.69, 9.17) is 11.6 Å². The molecule has 1 heterocycles. The number of alkyl halides is 1. The Kier molecular flexibility index (Phi) is 5.07. The van der Waals surface area contributed by atoms with Crippen molar-refractivity contribution in [2.24, 2.45) is 5.92 Å². The minimum Gasteiger partial charge on any atom is -0.359 e. The molecular formula is C13H21ClN2. The summed E-state index contributed by atoms with van der Waals surface area (Å²) in [6, 6.07) is 2.11. The lowest BCUT2D eigenvalue weighted by Gasteiger charge is -2.21. The predicted molar refractivity (Wildman–Crippen MR) is 71.3 cm³/mol. The molecule has 0 bridgehead atoms. The molecule has 0 atom stereocenters. The van der Waals surface area contributed by atoms with E-state index in [9.17, 15) is 0 Å². The fourth-order valence-electron chi connectivity index (χ4n) is 1.66. The first-order valence-electron chi connectivity index (χ1n) is 5.77. The Morgan fingerprint density at radius 1 is 1.44 bits per heavy atom. The van der Waals surface area contributed by atoms with E-state index in [0.717, 1.165) is 23.8 Å². The first-order valence-corrected chi connectivity index (χ1v) is 6.30. The summed E-state index contributed by atoms with van der Waals surface area (Å²) in [6.45, 7) is 7.62. The molecule has 0 N–H and O–H groups in total. The molecular weight excluding hydrogens is 220 g/mol. The van der Waals surface area contributed by atoms with Gasteiger partial charge in [0.15, 0.2) is 0 Å². The van der Waals surface area contributed by atoms with Crippen molar-refractivity contribution in [2.45, 2.75) is 33.1 Å². The Morgan fingerprint density at radius 3 is 2.62 bits per heavy atom. The lowest BCUT2D eigenvalue weighted by Crippen LogP contribution is -2.22. The van der Waals surface area contributed by atoms with E-state index in [1.54, 1.807) is 0 Å². The number of anilines is 1. The number of aromatic nitrogens is 1. The number of halogens is 1. The summed E-state index contributed by atoms with van der Waals surface area (Å²) in [5, 5.41) is 0. The molecule has 0 aliphatic heterocycles. The lowest BCUT2D eigenvalue weighted by molar-refractivity contribution is 0.583. The maximum absolute atomic E-state index is 5.78. The predicted octanol–water partition coefficient (Wildman–Crippen LogP) is 3.61. The third kappa shape index (κ3) is 3.67. The lowest BCUT2D eigenvalue weighted by atomic mass is 10.1. The molecule has 2 nitrogen and oxygen atoms in total. The summed E-state index contributed by atoms with van der Waals surface area (Å²) >= 11 is 5.78. The topological polar surface area (TPSA) is 16.1 Å². The molecule has 0 radical (unpaired) electrons. The van der Waals surface area contributed by atoms with Crippen molar-refractivity contribution in [3.05, 3.63) is 23.4 Å². The largest absolute Gasteiger partial charge is 0.359 e. The standard InChI is InChI=1S/C13H21ClN2/c1-10(2)5-6-16(4)13-11(3)7-12(8-14)9-15-13/h7,9-10H,5-6,8H2,1-4H3. The molecule has 0 amide bonds. The van der Waals surface area contributed by atoms with Crippen molar-refractivity contribution < 1.29 is 0 Å². The summed E-state index contributed by atoms with van der Waals surface area (Å²) in [4.78, 5) is 6.68. The second-order valence-electron chi connectivity index (χ2n) is 4.72. The van der Waals surface area contributed by atoms with E-state index in [1.165, 1.54) is 12.0 Å². The number of pyridine rings is 1. The molecule has 0 saturated heterocycles. The smallest absolute Gasteiger partial charge is 0.131 e. The molecule has 90 valence electrons. The van der Waals surface area contributed by atoms with Crippen LogP contribution in [0.4, 0.5) is 5.82 Å². The van der Waals surface area contributed by atoms with E-state index in [-0.39, 0.29) is 0 Å². The highest BCUT2D eigenvalue weighted by Gasteiger charge is 2.07. The van der Waals surface area contributed by atoms with Crippen LogP contribution in [0.25, 0.3) is 0 Å². The van der Waals surface area contributed by atoms with Crippen LogP contribution in [0.3, 0.4) is 0 Å². The van der Waals surface area contributed by atoms with Gasteiger partial charge in [0, 0.05) is 25.7 Å². The molecule has 1 rings (SSSR count). The first kappa shape index (κ1) is 13.3. The molecule has 0 aliphatic rings. The molecule has 1 aromatic rings. The SMILES string of the molecule is Cc1cc(CCl)cnc1N(C)CCC(C)C. The summed E-state index contributed by atoms with van der Waals surface area (Å²) < 4.78 is 0. The molecule has 1 aromatic heterocycles. The molecule has 0 fully saturated rings. The van der Waals surface area contributed by atoms with Gasteiger partial charge < -0.3 is 4.90 Å². The van der Waals surface area contributed by atoms with Gasteiger partial charge in [0.2, 0.25) is 0 Å². The van der Waals surface area contributed by atoms with E-state index in [0.29, 0.717) is 5.88 Å². The first-order chi connectivity index (χ1) is 7.54. The number of aryl methyl sites for hydroxylation is 1. The summed E-state index contributed by atoms with van der Waals surface area (Å²) in [7, 11) is 2.10. The number of hydrogen-bond donors (Lipinski definition) is 0. The van der Waals surface area contributed by atoms with Crippen molar-refractivity contribution in [2.75, 3.05) is 18.5 Å². The zero-order valence-electron chi connectivity index (χ0n) is 10.6. The van der Waals surface area contributed by atoms with Gasteiger partial charge in [-0.1, -0.05) is 13.8 Å². The van der Waals surface area contributed by atoms with Gasteiger partial charge in [0.25, 0.3) is 0 Å². The van der Waals surface area contributed by atoms with Gasteiger partial charge in [-0.2, -0.15) is 0 Å². The maximum Gasteiger partial charge on any atom is 0.131 e. The van der Waals surface area contributed by atoms with Crippen LogP contribution >= 0.6 is 11.6 Å². The molecule has 3 heteroatoms. The Morgan fingerprint density at radius 2 is 2.12 bits per heavy atom. The van der Waals surface area contributed by atoms with Gasteiger partial charge in [-0.25, -0.2) is 4.98 Å². The Hall–Kier alpha value is -0.760. The van der Waals surface area contributed by atoms with Crippen molar-refractivity contribution in [1.29, 1.82) is 0 Å². The van der Waals surface area contributed by atoms with Crippen LogP contribution in [0.5, 0.6) is 0 Å². The minimum atomic E-state index is 0.532. The van der Waals surface area contributed by atoms with Crippen LogP contribution in [-0.4, -0.2) is 18.6 Å². The summed E-state index contributed by atoms with van der Waals surface area (Å²) in [6.07, 6.45) is 3.05. The molecule has 0 aliphatic carbocycles. The highest BCUT2D eigenvalue weighted by atomic mass is 35.5. The van der Waals surface area contributed by atoms with Crippen LogP contribution in [0.15, 0.2) is 12.3 Å². The van der Waals surface area contributed by atoms with E-state index >= 15 is 0 Å². The van der Waals surface area contributed by atoms with Crippen LogP contribution in [0.2, 0.25) is 0 Å². The van der Waals surface area contributed by atoms with Crippen molar-refractivity contribution >= 4 is 17.4 Å². The summed E-state index contributed by atoms with van der Waals surface area (Å²) in [5.41, 5.74) is 2.28. The third-order valence-electron chi connectivity index (χ3n) is 2.66. The van der Waals surface area contributed by atoms with E-state index in [2.05, 4.69) is 43.8 Å². The van der Waals surface area contributed by atoms with Crippen molar-refractivity contribution in [1.82, 2.24) is 4.98 Å². The van der Waals surface area contributed by atoms with Gasteiger partial charge >= 0.3 is 0 Å². The zero-order chi connectivity index (χ0) is 12.1. The van der Waals surface area contributed by atoms with Crippen molar-refractivity contribution in [3.8, 4) is 0 Å². The Balaban J connectivity index is 2.71. The van der Waals surface area contributed by atoms with Gasteiger partial charge in [-0.15, -0.1) is 11.6 Å². The van der Waals surface area contributed by atoms with Crippen LogP contribution < -0.4 is 4.90 Å². The maximum atomic E-state index is 5.78. The second kappa shape index (κ2) is 6.09. The molecule has 16 heavy (non-hydrogen) atoms. The van der Waals surface area contributed by atoms with Crippen LogP contribution in [0.1, 0.15) is 31.4 Å². The monoisotopic (exact) mass is 240 g/mol. The van der Waals surface area contributed by atoms with Gasteiger partial charge in [-0.05, 0) is 36.5 Å². The number of nitrogens with zero attached hydrogens (tertiary/aromatic N) is 2. The average molecular weight is 241 g/mol. The minimum absolute atomic E-state index is 0.532. The fraction of sp³-hybridized carbons (Fsp3) is 0.615. The average Bonchev–Trinajstić information content (AvgIpc) is 2.25. The summed E-state index contributed by atoms with van der Waals surface area (Å²) in [5.74, 6) is 2.32. The third-order valence-corrected chi connectivity index (χ3v) is 2.97. The van der Waals surface area contributed by atoms with Gasteiger partial charge in [0.1, 0.15) is 5.82 Å². The number of hydrogen-bond acceptors (Lipinski definition) is 2. The normalized spacial score (nSPS) is 10.9. The quantitative estimate of drug-likeness (QED) is 0.731. The van der Waals surface area contributed by atoms with E-state index < -0.39 is 0 Å². The second-order valence-corrected chi connectivity index (χ2v) is 4.99. The highest BCUT2D eigenvalue weighted by molar-refractivity contribution is 6.17. The van der Waals surface area contributed by atoms with Crippen molar-refractivity contribution in [3.63, 3.8) is 0 Å². The van der Waals surface area contributed by atoms with E-state index in [1.807, 2.05) is 6.20 Å². The van der Waals surface area contributed by atoms with Gasteiger partial charge in [-0.3, -0.25) is 0 Å². The molecule has 0 unspecified atom stereocenters. The Labute approximate surface area is 104 Å². The molecule has 0 aromatic carbocycles.